The van der Waals surface area contributed by atoms with Gasteiger partial charge in [0.1, 0.15) is 5.75 Å². The molecule has 1 heterocycles. The number of nitrogens with zero attached hydrogens (tertiary/aromatic N) is 1. The van der Waals surface area contributed by atoms with Gasteiger partial charge in [-0.25, -0.2) is 0 Å². The van der Waals surface area contributed by atoms with Crippen LogP contribution in [0.25, 0.3) is 0 Å². The molecule has 1 aromatic rings. The lowest BCUT2D eigenvalue weighted by atomic mass is 9.98. The Morgan fingerprint density at radius 1 is 1.22 bits per heavy atom. The second-order valence-corrected chi connectivity index (χ2v) is 4.73. The van der Waals surface area contributed by atoms with Crippen LogP contribution in [0, 0.1) is 0 Å². The number of nitrogens with two attached hydrogens (primary N) is 1. The Morgan fingerprint density at radius 2 is 1.83 bits per heavy atom. The van der Waals surface area contributed by atoms with E-state index in [9.17, 15) is 0 Å². The molecule has 0 aliphatic carbocycles. The highest BCUT2D eigenvalue weighted by Crippen LogP contribution is 2.26. The summed E-state index contributed by atoms with van der Waals surface area (Å²) in [5.41, 5.74) is 7.40. The molecule has 18 heavy (non-hydrogen) atoms. The average molecular weight is 250 g/mol. The Balaban J connectivity index is 2.17. The molecule has 2 N–H and O–H groups in total. The van der Waals surface area contributed by atoms with Gasteiger partial charge in [-0.3, -0.25) is 4.90 Å². The number of benzene rings is 1. The van der Waals surface area contributed by atoms with Crippen molar-refractivity contribution in [1.29, 1.82) is 0 Å². The Bertz CT molecular complexity index is 359. The van der Waals surface area contributed by atoms with Crippen molar-refractivity contribution in [3.05, 3.63) is 29.8 Å². The Labute approximate surface area is 109 Å². The van der Waals surface area contributed by atoms with Crippen molar-refractivity contribution in [1.82, 2.24) is 4.90 Å². The van der Waals surface area contributed by atoms with E-state index >= 15 is 0 Å². The fourth-order valence-corrected chi connectivity index (χ4v) is 2.50. The highest BCUT2D eigenvalue weighted by Gasteiger charge is 2.25. The lowest BCUT2D eigenvalue weighted by Crippen LogP contribution is -2.45. The molecule has 0 aromatic heterocycles. The quantitative estimate of drug-likeness (QED) is 0.878. The molecule has 0 spiro atoms. The number of ether oxygens (including phenoxy) is 2. The summed E-state index contributed by atoms with van der Waals surface area (Å²) in [5.74, 6) is 0.879. The van der Waals surface area contributed by atoms with Gasteiger partial charge in [0, 0.05) is 25.2 Å². The van der Waals surface area contributed by atoms with Crippen LogP contribution >= 0.6 is 0 Å². The first-order valence-corrected chi connectivity index (χ1v) is 6.43. The van der Waals surface area contributed by atoms with E-state index in [-0.39, 0.29) is 12.1 Å². The Kier molecular flexibility index (Phi) is 4.58. The predicted molar refractivity (Wildman–Crippen MR) is 71.8 cm³/mol. The molecule has 0 bridgehead atoms. The number of hydrogen-bond acceptors (Lipinski definition) is 4. The van der Waals surface area contributed by atoms with Crippen molar-refractivity contribution in [3.63, 3.8) is 0 Å². The third-order valence-electron chi connectivity index (χ3n) is 3.39. The lowest BCUT2D eigenvalue weighted by Gasteiger charge is -2.37. The van der Waals surface area contributed by atoms with E-state index in [1.807, 2.05) is 12.1 Å². The topological polar surface area (TPSA) is 47.7 Å². The van der Waals surface area contributed by atoms with Crippen molar-refractivity contribution < 1.29 is 9.47 Å². The van der Waals surface area contributed by atoms with E-state index in [4.69, 9.17) is 15.2 Å². The third-order valence-corrected chi connectivity index (χ3v) is 3.39. The van der Waals surface area contributed by atoms with Crippen LogP contribution in [0.2, 0.25) is 0 Å². The summed E-state index contributed by atoms with van der Waals surface area (Å²) >= 11 is 0. The van der Waals surface area contributed by atoms with Gasteiger partial charge in [-0.2, -0.15) is 0 Å². The molecule has 1 aliphatic rings. The summed E-state index contributed by atoms with van der Waals surface area (Å²) in [6, 6.07) is 8.53. The van der Waals surface area contributed by atoms with E-state index in [0.29, 0.717) is 0 Å². The maximum absolute atomic E-state index is 6.16. The van der Waals surface area contributed by atoms with Crippen molar-refractivity contribution >= 4 is 0 Å². The molecular weight excluding hydrogens is 228 g/mol. The Hall–Kier alpha value is -1.10. The molecule has 4 nitrogen and oxygen atoms in total. The first-order valence-electron chi connectivity index (χ1n) is 6.43. The van der Waals surface area contributed by atoms with Crippen LogP contribution in [0.5, 0.6) is 5.75 Å². The van der Waals surface area contributed by atoms with Crippen LogP contribution in [0.4, 0.5) is 0 Å². The molecule has 1 fully saturated rings. The van der Waals surface area contributed by atoms with Gasteiger partial charge in [0.15, 0.2) is 0 Å². The molecule has 2 unspecified atom stereocenters. The standard InChI is InChI=1S/C14H22N2O2/c1-11(15)14(16-7-9-18-10-8-16)12-3-5-13(17-2)6-4-12/h3-6,11,14H,7-10,15H2,1-2H3. The SMILES string of the molecule is COc1ccc(C(C(C)N)N2CCOCC2)cc1. The Morgan fingerprint density at radius 3 is 2.33 bits per heavy atom. The molecule has 1 aromatic carbocycles. The van der Waals surface area contributed by atoms with Crippen molar-refractivity contribution in [3.8, 4) is 5.75 Å². The van der Waals surface area contributed by atoms with Crippen LogP contribution in [0.1, 0.15) is 18.5 Å². The molecule has 2 atom stereocenters. The summed E-state index contributed by atoms with van der Waals surface area (Å²) in [4.78, 5) is 2.40. The van der Waals surface area contributed by atoms with Gasteiger partial charge < -0.3 is 15.2 Å². The van der Waals surface area contributed by atoms with Gasteiger partial charge in [0.2, 0.25) is 0 Å². The van der Waals surface area contributed by atoms with Crippen LogP contribution in [-0.2, 0) is 4.74 Å². The highest BCUT2D eigenvalue weighted by molar-refractivity contribution is 5.30. The minimum atomic E-state index is 0.0940. The van der Waals surface area contributed by atoms with Crippen LogP contribution in [0.3, 0.4) is 0 Å². The van der Waals surface area contributed by atoms with E-state index < -0.39 is 0 Å². The van der Waals surface area contributed by atoms with Crippen LogP contribution < -0.4 is 10.5 Å². The maximum atomic E-state index is 6.16. The monoisotopic (exact) mass is 250 g/mol. The van der Waals surface area contributed by atoms with Gasteiger partial charge in [-0.05, 0) is 24.6 Å². The molecule has 1 saturated heterocycles. The summed E-state index contributed by atoms with van der Waals surface area (Å²) in [5, 5.41) is 0. The molecule has 100 valence electrons. The van der Waals surface area contributed by atoms with Gasteiger partial charge in [-0.1, -0.05) is 12.1 Å². The minimum Gasteiger partial charge on any atom is -0.497 e. The van der Waals surface area contributed by atoms with Crippen molar-refractivity contribution in [2.75, 3.05) is 33.4 Å². The van der Waals surface area contributed by atoms with Crippen LogP contribution in [0.15, 0.2) is 24.3 Å². The van der Waals surface area contributed by atoms with E-state index in [1.54, 1.807) is 7.11 Å². The molecule has 0 amide bonds. The molecule has 1 aliphatic heterocycles. The fourth-order valence-electron chi connectivity index (χ4n) is 2.50. The van der Waals surface area contributed by atoms with Gasteiger partial charge in [-0.15, -0.1) is 0 Å². The zero-order valence-electron chi connectivity index (χ0n) is 11.1. The first kappa shape index (κ1) is 13.3. The third kappa shape index (κ3) is 3.02. The summed E-state index contributed by atoms with van der Waals surface area (Å²) in [7, 11) is 1.68. The lowest BCUT2D eigenvalue weighted by molar-refractivity contribution is 0.0116. The molecule has 2 rings (SSSR count). The summed E-state index contributed by atoms with van der Waals surface area (Å²) in [6.45, 7) is 5.53. The normalized spacial score (nSPS) is 20.4. The van der Waals surface area contributed by atoms with Gasteiger partial charge in [0.25, 0.3) is 0 Å². The first-order chi connectivity index (χ1) is 8.72. The van der Waals surface area contributed by atoms with E-state index in [1.165, 1.54) is 5.56 Å². The van der Waals surface area contributed by atoms with Gasteiger partial charge >= 0.3 is 0 Å². The van der Waals surface area contributed by atoms with Gasteiger partial charge in [0.05, 0.1) is 20.3 Å². The fraction of sp³-hybridized carbons (Fsp3) is 0.571. The van der Waals surface area contributed by atoms with Crippen molar-refractivity contribution in [2.24, 2.45) is 5.73 Å². The van der Waals surface area contributed by atoms with Crippen molar-refractivity contribution in [2.45, 2.75) is 19.0 Å². The van der Waals surface area contributed by atoms with Crippen LogP contribution in [-0.4, -0.2) is 44.4 Å². The zero-order valence-corrected chi connectivity index (χ0v) is 11.1. The predicted octanol–water partition coefficient (Wildman–Crippen LogP) is 1.42. The summed E-state index contributed by atoms with van der Waals surface area (Å²) in [6.07, 6.45) is 0. The molecule has 0 saturated carbocycles. The number of morpholine rings is 1. The number of hydrogen-bond donors (Lipinski definition) is 1. The smallest absolute Gasteiger partial charge is 0.118 e. The highest BCUT2D eigenvalue weighted by atomic mass is 16.5. The number of rotatable bonds is 4. The molecular formula is C14H22N2O2. The van der Waals surface area contributed by atoms with E-state index in [2.05, 4.69) is 24.0 Å². The summed E-state index contributed by atoms with van der Waals surface area (Å²) < 4.78 is 10.6. The largest absolute Gasteiger partial charge is 0.497 e. The second-order valence-electron chi connectivity index (χ2n) is 4.73. The molecule has 0 radical (unpaired) electrons. The van der Waals surface area contributed by atoms with E-state index in [0.717, 1.165) is 32.1 Å². The second kappa shape index (κ2) is 6.18. The number of methoxy groups -OCH3 is 1. The molecule has 4 heteroatoms. The zero-order chi connectivity index (χ0) is 13.0. The average Bonchev–Trinajstić information content (AvgIpc) is 2.40. The minimum absolute atomic E-state index is 0.0940. The maximum Gasteiger partial charge on any atom is 0.118 e.